The van der Waals surface area contributed by atoms with E-state index in [9.17, 15) is 13.2 Å². The molecule has 1 atom stereocenters. The minimum atomic E-state index is -4.10. The smallest absolute Gasteiger partial charge is 0.242 e. The number of amides is 1. The highest BCUT2D eigenvalue weighted by atomic mass is 35.5. The Labute approximate surface area is 192 Å². The number of sulfonamides is 1. The number of benzene rings is 3. The molecule has 1 unspecified atom stereocenters. The lowest BCUT2D eigenvalue weighted by Gasteiger charge is -2.25. The third-order valence-corrected chi connectivity index (χ3v) is 6.89. The summed E-state index contributed by atoms with van der Waals surface area (Å²) in [5.74, 6) is -0.352. The zero-order valence-electron chi connectivity index (χ0n) is 16.8. The van der Waals surface area contributed by atoms with Crippen LogP contribution in [0.1, 0.15) is 11.1 Å². The fourth-order valence-corrected chi connectivity index (χ4v) is 5.12. The lowest BCUT2D eigenvalue weighted by molar-refractivity contribution is -0.132. The molecule has 0 aliphatic rings. The van der Waals surface area contributed by atoms with Gasteiger partial charge in [0.25, 0.3) is 0 Å². The number of nitrogens with zero attached hydrogens (tertiary/aromatic N) is 1. The molecule has 1 N–H and O–H groups in total. The summed E-state index contributed by atoms with van der Waals surface area (Å²) < 4.78 is 28.7. The molecule has 0 aliphatic heterocycles. The molecule has 3 aromatic rings. The van der Waals surface area contributed by atoms with Gasteiger partial charge in [0.2, 0.25) is 15.9 Å². The Morgan fingerprint density at radius 1 is 0.935 bits per heavy atom. The zero-order valence-corrected chi connectivity index (χ0v) is 19.2. The summed E-state index contributed by atoms with van der Waals surface area (Å²) in [6.07, 6.45) is 0.191. The Bertz CT molecular complexity index is 1140. The molecule has 0 spiro atoms. The molecule has 31 heavy (non-hydrogen) atoms. The first-order valence-electron chi connectivity index (χ1n) is 9.56. The average molecular weight is 477 g/mol. The second-order valence-corrected chi connectivity index (χ2v) is 9.64. The van der Waals surface area contributed by atoms with Gasteiger partial charge in [-0.2, -0.15) is 4.72 Å². The lowest BCUT2D eigenvalue weighted by Crippen LogP contribution is -2.48. The highest BCUT2D eigenvalue weighted by Gasteiger charge is 2.29. The quantitative estimate of drug-likeness (QED) is 0.518. The van der Waals surface area contributed by atoms with Gasteiger partial charge in [0, 0.05) is 18.6 Å². The van der Waals surface area contributed by atoms with Gasteiger partial charge < -0.3 is 4.90 Å². The van der Waals surface area contributed by atoms with Crippen molar-refractivity contribution in [2.24, 2.45) is 0 Å². The SMILES string of the molecule is CN(Cc1ccccc1)C(=O)C(Cc1ccccc1)NS(=O)(=O)c1cc(Cl)ccc1Cl. The van der Waals surface area contributed by atoms with Crippen molar-refractivity contribution in [1.29, 1.82) is 0 Å². The van der Waals surface area contributed by atoms with Crippen molar-refractivity contribution in [3.63, 3.8) is 0 Å². The summed E-state index contributed by atoms with van der Waals surface area (Å²) in [6.45, 7) is 0.352. The van der Waals surface area contributed by atoms with E-state index in [4.69, 9.17) is 23.2 Å². The van der Waals surface area contributed by atoms with Gasteiger partial charge in [0.1, 0.15) is 10.9 Å². The van der Waals surface area contributed by atoms with E-state index in [-0.39, 0.29) is 27.3 Å². The van der Waals surface area contributed by atoms with Crippen molar-refractivity contribution in [1.82, 2.24) is 9.62 Å². The molecule has 1 amide bonds. The van der Waals surface area contributed by atoms with Crippen molar-refractivity contribution in [2.75, 3.05) is 7.05 Å². The van der Waals surface area contributed by atoms with Crippen LogP contribution in [0.4, 0.5) is 0 Å². The average Bonchev–Trinajstić information content (AvgIpc) is 2.75. The fourth-order valence-electron chi connectivity index (χ4n) is 3.16. The summed E-state index contributed by atoms with van der Waals surface area (Å²) >= 11 is 12.1. The predicted octanol–water partition coefficient (Wildman–Crippen LogP) is 4.54. The molecule has 3 rings (SSSR count). The van der Waals surface area contributed by atoms with Crippen LogP contribution in [-0.2, 0) is 27.8 Å². The second kappa shape index (κ2) is 10.3. The standard InChI is InChI=1S/C23H22Cl2N2O3S/c1-27(16-18-10-6-3-7-11-18)23(28)21(14-17-8-4-2-5-9-17)26-31(29,30)22-15-19(24)12-13-20(22)25/h2-13,15,21,26H,14,16H2,1H3. The first-order valence-corrected chi connectivity index (χ1v) is 11.8. The van der Waals surface area contributed by atoms with Crippen LogP contribution >= 0.6 is 23.2 Å². The summed E-state index contributed by atoms with van der Waals surface area (Å²) in [6, 6.07) is 21.9. The van der Waals surface area contributed by atoms with E-state index in [1.165, 1.54) is 23.1 Å². The molecule has 0 radical (unpaired) electrons. The topological polar surface area (TPSA) is 66.5 Å². The molecule has 5 nitrogen and oxygen atoms in total. The van der Waals surface area contributed by atoms with E-state index in [0.29, 0.717) is 6.54 Å². The number of hydrogen-bond acceptors (Lipinski definition) is 3. The number of hydrogen-bond donors (Lipinski definition) is 1. The van der Waals surface area contributed by atoms with Crippen LogP contribution in [0.3, 0.4) is 0 Å². The third kappa shape index (κ3) is 6.31. The van der Waals surface area contributed by atoms with Gasteiger partial charge in [0.15, 0.2) is 0 Å². The monoisotopic (exact) mass is 476 g/mol. The minimum Gasteiger partial charge on any atom is -0.340 e. The van der Waals surface area contributed by atoms with Gasteiger partial charge in [-0.25, -0.2) is 8.42 Å². The van der Waals surface area contributed by atoms with E-state index in [1.54, 1.807) is 7.05 Å². The van der Waals surface area contributed by atoms with Gasteiger partial charge in [-0.1, -0.05) is 83.9 Å². The number of carbonyl (C=O) groups excluding carboxylic acids is 1. The third-order valence-electron chi connectivity index (χ3n) is 4.70. The summed E-state index contributed by atoms with van der Waals surface area (Å²) in [5.41, 5.74) is 1.77. The summed E-state index contributed by atoms with van der Waals surface area (Å²) in [7, 11) is -2.45. The van der Waals surface area contributed by atoms with Crippen LogP contribution in [0.25, 0.3) is 0 Å². The second-order valence-electron chi connectivity index (χ2n) is 7.12. The molecular weight excluding hydrogens is 455 g/mol. The normalized spacial score (nSPS) is 12.4. The number of likely N-dealkylation sites (N-methyl/N-ethyl adjacent to an activating group) is 1. The Morgan fingerprint density at radius 3 is 2.13 bits per heavy atom. The fraction of sp³-hybridized carbons (Fsp3) is 0.174. The van der Waals surface area contributed by atoms with Gasteiger partial charge in [-0.15, -0.1) is 0 Å². The maximum atomic E-state index is 13.3. The number of carbonyl (C=O) groups is 1. The molecule has 0 bridgehead atoms. The molecule has 0 aromatic heterocycles. The van der Waals surface area contributed by atoms with Gasteiger partial charge in [0.05, 0.1) is 5.02 Å². The molecule has 3 aromatic carbocycles. The molecular formula is C23H22Cl2N2O3S. The number of halogens is 2. The Balaban J connectivity index is 1.88. The van der Waals surface area contributed by atoms with Crippen LogP contribution in [0.15, 0.2) is 83.8 Å². The van der Waals surface area contributed by atoms with Gasteiger partial charge in [-0.3, -0.25) is 4.79 Å². The molecule has 0 aliphatic carbocycles. The summed E-state index contributed by atoms with van der Waals surface area (Å²) in [4.78, 5) is 14.6. The van der Waals surface area contributed by atoms with Gasteiger partial charge in [-0.05, 0) is 35.7 Å². The lowest BCUT2D eigenvalue weighted by atomic mass is 10.1. The Morgan fingerprint density at radius 2 is 1.52 bits per heavy atom. The van der Waals surface area contributed by atoms with E-state index in [0.717, 1.165) is 11.1 Å². The van der Waals surface area contributed by atoms with Crippen LogP contribution in [0.5, 0.6) is 0 Å². The molecule has 162 valence electrons. The van der Waals surface area contributed by atoms with Crippen LogP contribution in [0.2, 0.25) is 10.0 Å². The van der Waals surface area contributed by atoms with E-state index in [2.05, 4.69) is 4.72 Å². The molecule has 0 fully saturated rings. The Kier molecular flexibility index (Phi) is 7.73. The van der Waals surface area contributed by atoms with Crippen LogP contribution in [0, 0.1) is 0 Å². The first-order chi connectivity index (χ1) is 14.8. The zero-order chi connectivity index (χ0) is 22.4. The van der Waals surface area contributed by atoms with E-state index < -0.39 is 16.1 Å². The highest BCUT2D eigenvalue weighted by Crippen LogP contribution is 2.25. The maximum absolute atomic E-state index is 13.3. The van der Waals surface area contributed by atoms with Crippen LogP contribution < -0.4 is 4.72 Å². The van der Waals surface area contributed by atoms with Crippen molar-refractivity contribution in [3.05, 3.63) is 100 Å². The molecule has 0 saturated carbocycles. The van der Waals surface area contributed by atoms with Gasteiger partial charge >= 0.3 is 0 Å². The molecule has 0 saturated heterocycles. The van der Waals surface area contributed by atoms with Crippen molar-refractivity contribution >= 4 is 39.1 Å². The maximum Gasteiger partial charge on any atom is 0.242 e. The summed E-state index contributed by atoms with van der Waals surface area (Å²) in [5, 5.41) is 0.261. The molecule has 8 heteroatoms. The van der Waals surface area contributed by atoms with E-state index >= 15 is 0 Å². The minimum absolute atomic E-state index is 0.0282. The predicted molar refractivity (Wildman–Crippen MR) is 124 cm³/mol. The van der Waals surface area contributed by atoms with E-state index in [1.807, 2.05) is 60.7 Å². The van der Waals surface area contributed by atoms with Crippen molar-refractivity contribution < 1.29 is 13.2 Å². The Hall–Kier alpha value is -2.38. The highest BCUT2D eigenvalue weighted by molar-refractivity contribution is 7.89. The van der Waals surface area contributed by atoms with Crippen LogP contribution in [-0.4, -0.2) is 32.3 Å². The number of rotatable bonds is 8. The first kappa shape index (κ1) is 23.3. The molecule has 0 heterocycles. The van der Waals surface area contributed by atoms with Crippen molar-refractivity contribution in [2.45, 2.75) is 23.9 Å². The number of nitrogens with one attached hydrogen (secondary N) is 1. The largest absolute Gasteiger partial charge is 0.340 e. The van der Waals surface area contributed by atoms with Crippen molar-refractivity contribution in [3.8, 4) is 0 Å².